The summed E-state index contributed by atoms with van der Waals surface area (Å²) in [5, 5.41) is 5.94. The molecule has 0 aromatic heterocycles. The van der Waals surface area contributed by atoms with Gasteiger partial charge in [-0.15, -0.1) is 0 Å². The van der Waals surface area contributed by atoms with Crippen LogP contribution in [0.3, 0.4) is 0 Å². The molecule has 3 N–H and O–H groups in total. The Hall–Kier alpha value is -1.44. The average Bonchev–Trinajstić information content (AvgIpc) is 2.87. The van der Waals surface area contributed by atoms with Gasteiger partial charge in [-0.2, -0.15) is 0 Å². The molecule has 0 aliphatic heterocycles. The first-order valence-electron chi connectivity index (χ1n) is 8.58. The van der Waals surface area contributed by atoms with Crippen molar-refractivity contribution in [1.82, 2.24) is 15.4 Å². The predicted octanol–water partition coefficient (Wildman–Crippen LogP) is 1.64. The predicted molar refractivity (Wildman–Crippen MR) is 94.5 cm³/mol. The molecule has 1 aliphatic carbocycles. The summed E-state index contributed by atoms with van der Waals surface area (Å²) >= 11 is 0. The summed E-state index contributed by atoms with van der Waals surface area (Å²) in [5.74, 6) is -0.237. The van der Waals surface area contributed by atoms with Gasteiger partial charge < -0.3 is 10.6 Å². The molecule has 7 heteroatoms. The molecule has 1 aliphatic rings. The second-order valence-corrected chi connectivity index (χ2v) is 7.91. The number of carbonyl (C=O) groups is 1. The molecule has 134 valence electrons. The van der Waals surface area contributed by atoms with Crippen molar-refractivity contribution in [3.05, 3.63) is 29.8 Å². The maximum atomic E-state index is 12.2. The number of carbonyl (C=O) groups excluding carboxylic acids is 1. The van der Waals surface area contributed by atoms with Crippen LogP contribution in [-0.4, -0.2) is 40.5 Å². The first-order valence-corrected chi connectivity index (χ1v) is 10.1. The Kier molecular flexibility index (Phi) is 7.20. The third-order valence-electron chi connectivity index (χ3n) is 4.36. The number of hydrogen-bond acceptors (Lipinski definition) is 4. The molecule has 0 heterocycles. The van der Waals surface area contributed by atoms with Gasteiger partial charge in [-0.25, -0.2) is 13.1 Å². The molecule has 0 spiro atoms. The summed E-state index contributed by atoms with van der Waals surface area (Å²) in [7, 11) is -2.00. The number of amides is 1. The number of sulfonamides is 1. The molecule has 1 aromatic carbocycles. The standard InChI is InChI=1S/C17H27N3O3S/c1-18-17(21)14-8-10-16(11-9-14)24(22,23)20-13-12-19-15-6-4-2-3-5-7-15/h8-11,15,19-20H,2-7,12-13H2,1H3,(H,18,21). The third kappa shape index (κ3) is 5.58. The molecule has 0 saturated heterocycles. The summed E-state index contributed by atoms with van der Waals surface area (Å²) < 4.78 is 27.1. The minimum Gasteiger partial charge on any atom is -0.355 e. The molecule has 0 radical (unpaired) electrons. The molecule has 1 amide bonds. The van der Waals surface area contributed by atoms with Crippen molar-refractivity contribution < 1.29 is 13.2 Å². The van der Waals surface area contributed by atoms with Gasteiger partial charge >= 0.3 is 0 Å². The van der Waals surface area contributed by atoms with Crippen LogP contribution in [-0.2, 0) is 10.0 Å². The van der Waals surface area contributed by atoms with Crippen molar-refractivity contribution in [2.24, 2.45) is 0 Å². The van der Waals surface area contributed by atoms with E-state index in [-0.39, 0.29) is 10.8 Å². The molecule has 0 atom stereocenters. The van der Waals surface area contributed by atoms with Gasteiger partial charge in [-0.3, -0.25) is 4.79 Å². The maximum Gasteiger partial charge on any atom is 0.251 e. The van der Waals surface area contributed by atoms with Crippen LogP contribution in [0.4, 0.5) is 0 Å². The number of nitrogens with one attached hydrogen (secondary N) is 3. The van der Waals surface area contributed by atoms with Gasteiger partial charge in [0.25, 0.3) is 5.91 Å². The molecular weight excluding hydrogens is 326 g/mol. The quantitative estimate of drug-likeness (QED) is 0.514. The van der Waals surface area contributed by atoms with Crippen molar-refractivity contribution in [2.45, 2.75) is 49.5 Å². The van der Waals surface area contributed by atoms with Crippen molar-refractivity contribution >= 4 is 15.9 Å². The van der Waals surface area contributed by atoms with Crippen LogP contribution < -0.4 is 15.4 Å². The lowest BCUT2D eigenvalue weighted by Crippen LogP contribution is -2.36. The topological polar surface area (TPSA) is 87.3 Å². The highest BCUT2D eigenvalue weighted by atomic mass is 32.2. The fraction of sp³-hybridized carbons (Fsp3) is 0.588. The summed E-state index contributed by atoms with van der Waals surface area (Å²) in [6.45, 7) is 0.982. The minimum absolute atomic E-state index is 0.171. The zero-order valence-corrected chi connectivity index (χ0v) is 15.0. The van der Waals surface area contributed by atoms with E-state index in [9.17, 15) is 13.2 Å². The Morgan fingerprint density at radius 1 is 1.04 bits per heavy atom. The van der Waals surface area contributed by atoms with E-state index in [1.807, 2.05) is 0 Å². The van der Waals surface area contributed by atoms with Crippen LogP contribution in [0.15, 0.2) is 29.2 Å². The van der Waals surface area contributed by atoms with E-state index in [0.29, 0.717) is 24.7 Å². The average molecular weight is 353 g/mol. The summed E-state index contributed by atoms with van der Waals surface area (Å²) in [4.78, 5) is 11.6. The molecule has 0 unspecified atom stereocenters. The van der Waals surface area contributed by atoms with E-state index < -0.39 is 10.0 Å². The maximum absolute atomic E-state index is 12.2. The van der Waals surface area contributed by atoms with Crippen LogP contribution in [0.2, 0.25) is 0 Å². The first-order chi connectivity index (χ1) is 11.5. The Morgan fingerprint density at radius 3 is 2.25 bits per heavy atom. The Bertz CT molecular complexity index is 621. The molecule has 0 bridgehead atoms. The monoisotopic (exact) mass is 353 g/mol. The molecule has 2 rings (SSSR count). The molecule has 6 nitrogen and oxygen atoms in total. The van der Waals surface area contributed by atoms with Crippen LogP contribution in [0.25, 0.3) is 0 Å². The van der Waals surface area contributed by atoms with Gasteiger partial charge in [0, 0.05) is 31.7 Å². The van der Waals surface area contributed by atoms with Crippen molar-refractivity contribution in [1.29, 1.82) is 0 Å². The molecule has 1 aromatic rings. The summed E-state index contributed by atoms with van der Waals surface area (Å²) in [6.07, 6.45) is 7.46. The van der Waals surface area contributed by atoms with Crippen LogP contribution in [0, 0.1) is 0 Å². The third-order valence-corrected chi connectivity index (χ3v) is 5.84. The molecule has 1 fully saturated rings. The lowest BCUT2D eigenvalue weighted by molar-refractivity contribution is 0.0963. The second-order valence-electron chi connectivity index (χ2n) is 6.14. The number of rotatable bonds is 7. The fourth-order valence-corrected chi connectivity index (χ4v) is 3.99. The fourth-order valence-electron chi connectivity index (χ4n) is 2.96. The minimum atomic E-state index is -3.54. The SMILES string of the molecule is CNC(=O)c1ccc(S(=O)(=O)NCCNC2CCCCCC2)cc1. The van der Waals surface area contributed by atoms with Crippen LogP contribution in [0.5, 0.6) is 0 Å². The van der Waals surface area contributed by atoms with E-state index in [4.69, 9.17) is 0 Å². The summed E-state index contributed by atoms with van der Waals surface area (Å²) in [6, 6.07) is 6.43. The Balaban J connectivity index is 1.81. The first kappa shape index (κ1) is 18.9. The van der Waals surface area contributed by atoms with Gasteiger partial charge in [0.1, 0.15) is 0 Å². The van der Waals surface area contributed by atoms with Gasteiger partial charge in [-0.05, 0) is 37.1 Å². The number of benzene rings is 1. The van der Waals surface area contributed by atoms with Crippen molar-refractivity contribution in [3.8, 4) is 0 Å². The Labute approximate surface area is 144 Å². The highest BCUT2D eigenvalue weighted by Gasteiger charge is 2.15. The number of hydrogen-bond donors (Lipinski definition) is 3. The Morgan fingerprint density at radius 2 is 1.67 bits per heavy atom. The highest BCUT2D eigenvalue weighted by Crippen LogP contribution is 2.17. The zero-order chi connectivity index (χ0) is 17.4. The smallest absolute Gasteiger partial charge is 0.251 e. The highest BCUT2D eigenvalue weighted by molar-refractivity contribution is 7.89. The van der Waals surface area contributed by atoms with Crippen LogP contribution in [0.1, 0.15) is 48.9 Å². The van der Waals surface area contributed by atoms with E-state index in [2.05, 4.69) is 15.4 Å². The zero-order valence-electron chi connectivity index (χ0n) is 14.2. The summed E-state index contributed by atoms with van der Waals surface area (Å²) in [5.41, 5.74) is 0.437. The van der Waals surface area contributed by atoms with E-state index >= 15 is 0 Å². The van der Waals surface area contributed by atoms with Gasteiger partial charge in [0.2, 0.25) is 10.0 Å². The van der Waals surface area contributed by atoms with E-state index in [1.54, 1.807) is 0 Å². The van der Waals surface area contributed by atoms with Crippen molar-refractivity contribution in [2.75, 3.05) is 20.1 Å². The second kappa shape index (κ2) is 9.15. The van der Waals surface area contributed by atoms with Gasteiger partial charge in [-0.1, -0.05) is 25.7 Å². The van der Waals surface area contributed by atoms with E-state index in [1.165, 1.54) is 69.8 Å². The lowest BCUT2D eigenvalue weighted by Gasteiger charge is -2.16. The molecule has 24 heavy (non-hydrogen) atoms. The molecular formula is C17H27N3O3S. The van der Waals surface area contributed by atoms with E-state index in [0.717, 1.165) is 0 Å². The van der Waals surface area contributed by atoms with Crippen LogP contribution >= 0.6 is 0 Å². The lowest BCUT2D eigenvalue weighted by atomic mass is 10.1. The van der Waals surface area contributed by atoms with Gasteiger partial charge in [0.15, 0.2) is 0 Å². The largest absolute Gasteiger partial charge is 0.355 e. The van der Waals surface area contributed by atoms with Gasteiger partial charge in [0.05, 0.1) is 4.90 Å². The molecule has 1 saturated carbocycles. The normalized spacial score (nSPS) is 16.5. The van der Waals surface area contributed by atoms with Crippen molar-refractivity contribution in [3.63, 3.8) is 0 Å².